The number of hydrogen-bond donors (Lipinski definition) is 0. The van der Waals surface area contributed by atoms with E-state index >= 15 is 0 Å². The summed E-state index contributed by atoms with van der Waals surface area (Å²) < 4.78 is 21.2. The lowest BCUT2D eigenvalue weighted by atomic mass is 10.3. The maximum atomic E-state index is 10.6. The molecular weight excluding hydrogens is 242 g/mol. The molecule has 0 radical (unpaired) electrons. The average Bonchev–Trinajstić information content (AvgIpc) is 2.01. The van der Waals surface area contributed by atoms with Crippen LogP contribution in [0, 0.1) is 6.92 Å². The SMILES string of the molecule is Cc1ccnc(SCCS(=O)(=O)Cl)c1. The van der Waals surface area contributed by atoms with E-state index < -0.39 is 9.05 Å². The molecule has 78 valence electrons. The molecule has 1 rings (SSSR count). The molecule has 0 aliphatic heterocycles. The van der Waals surface area contributed by atoms with Crippen LogP contribution in [0.1, 0.15) is 5.56 Å². The predicted molar refractivity (Wildman–Crippen MR) is 59.3 cm³/mol. The fraction of sp³-hybridized carbons (Fsp3) is 0.375. The zero-order chi connectivity index (χ0) is 10.6. The summed E-state index contributed by atoms with van der Waals surface area (Å²) in [7, 11) is 1.69. The minimum atomic E-state index is -3.38. The monoisotopic (exact) mass is 251 g/mol. The molecule has 0 amide bonds. The maximum Gasteiger partial charge on any atom is 0.233 e. The van der Waals surface area contributed by atoms with E-state index in [0.29, 0.717) is 5.75 Å². The summed E-state index contributed by atoms with van der Waals surface area (Å²) in [5.74, 6) is 0.400. The normalized spacial score (nSPS) is 11.6. The van der Waals surface area contributed by atoms with Crippen molar-refractivity contribution in [3.8, 4) is 0 Å². The van der Waals surface area contributed by atoms with Crippen LogP contribution >= 0.6 is 22.4 Å². The van der Waals surface area contributed by atoms with Crippen molar-refractivity contribution in [1.29, 1.82) is 0 Å². The van der Waals surface area contributed by atoms with Crippen LogP contribution in [0.25, 0.3) is 0 Å². The van der Waals surface area contributed by atoms with Crippen molar-refractivity contribution in [2.75, 3.05) is 11.5 Å². The molecule has 0 fully saturated rings. The molecule has 1 aromatic heterocycles. The van der Waals surface area contributed by atoms with Crippen LogP contribution in [0.15, 0.2) is 23.4 Å². The zero-order valence-corrected chi connectivity index (χ0v) is 9.99. The van der Waals surface area contributed by atoms with E-state index in [4.69, 9.17) is 10.7 Å². The Kier molecular flexibility index (Phi) is 4.22. The van der Waals surface area contributed by atoms with Crippen LogP contribution in [0.2, 0.25) is 0 Å². The second kappa shape index (κ2) is 5.00. The minimum Gasteiger partial charge on any atom is -0.250 e. The third kappa shape index (κ3) is 4.83. The van der Waals surface area contributed by atoms with Crippen molar-refractivity contribution in [2.45, 2.75) is 11.9 Å². The number of aromatic nitrogens is 1. The lowest BCUT2D eigenvalue weighted by Gasteiger charge is -1.99. The summed E-state index contributed by atoms with van der Waals surface area (Å²) in [5.41, 5.74) is 1.11. The van der Waals surface area contributed by atoms with Gasteiger partial charge in [0.1, 0.15) is 0 Å². The van der Waals surface area contributed by atoms with Crippen molar-refractivity contribution < 1.29 is 8.42 Å². The maximum absolute atomic E-state index is 10.6. The number of aryl methyl sites for hydroxylation is 1. The molecule has 0 aliphatic carbocycles. The summed E-state index contributed by atoms with van der Waals surface area (Å²) in [6.07, 6.45) is 1.70. The average molecular weight is 252 g/mol. The van der Waals surface area contributed by atoms with Gasteiger partial charge in [-0.1, -0.05) is 0 Å². The molecule has 0 saturated heterocycles. The van der Waals surface area contributed by atoms with Gasteiger partial charge in [-0.2, -0.15) is 0 Å². The first kappa shape index (κ1) is 11.8. The highest BCUT2D eigenvalue weighted by molar-refractivity contribution is 8.14. The van der Waals surface area contributed by atoms with E-state index in [1.807, 2.05) is 19.1 Å². The number of thioether (sulfide) groups is 1. The summed E-state index contributed by atoms with van der Waals surface area (Å²) in [6, 6.07) is 3.80. The zero-order valence-electron chi connectivity index (χ0n) is 7.60. The smallest absolute Gasteiger partial charge is 0.233 e. The highest BCUT2D eigenvalue weighted by Gasteiger charge is 2.05. The van der Waals surface area contributed by atoms with Crippen LogP contribution in [-0.4, -0.2) is 24.9 Å². The number of hydrogen-bond acceptors (Lipinski definition) is 4. The standard InChI is InChI=1S/C8H10ClNO2S2/c1-7-2-3-10-8(6-7)13-4-5-14(9,11)12/h2-3,6H,4-5H2,1H3. The Balaban J connectivity index is 2.47. The highest BCUT2D eigenvalue weighted by atomic mass is 35.7. The molecule has 0 atom stereocenters. The Morgan fingerprint density at radius 1 is 1.57 bits per heavy atom. The molecule has 1 heterocycles. The van der Waals surface area contributed by atoms with Crippen molar-refractivity contribution in [3.05, 3.63) is 23.9 Å². The summed E-state index contributed by atoms with van der Waals surface area (Å²) in [4.78, 5) is 4.08. The predicted octanol–water partition coefficient (Wildman–Crippen LogP) is 2.05. The summed E-state index contributed by atoms with van der Waals surface area (Å²) >= 11 is 1.39. The van der Waals surface area contributed by atoms with Crippen LogP contribution in [0.5, 0.6) is 0 Å². The minimum absolute atomic E-state index is 0.0329. The number of nitrogens with zero attached hydrogens (tertiary/aromatic N) is 1. The first-order valence-electron chi connectivity index (χ1n) is 3.95. The van der Waals surface area contributed by atoms with Crippen LogP contribution in [0.4, 0.5) is 0 Å². The second-order valence-corrected chi connectivity index (χ2v) is 6.77. The molecule has 0 spiro atoms. The third-order valence-electron chi connectivity index (χ3n) is 1.47. The van der Waals surface area contributed by atoms with Crippen LogP contribution < -0.4 is 0 Å². The molecule has 1 aromatic rings. The largest absolute Gasteiger partial charge is 0.250 e. The molecule has 0 aromatic carbocycles. The van der Waals surface area contributed by atoms with Crippen LogP contribution in [0.3, 0.4) is 0 Å². The van der Waals surface area contributed by atoms with Gasteiger partial charge >= 0.3 is 0 Å². The molecule has 14 heavy (non-hydrogen) atoms. The van der Waals surface area contributed by atoms with Crippen LogP contribution in [-0.2, 0) is 9.05 Å². The molecule has 0 aliphatic rings. The summed E-state index contributed by atoms with van der Waals surface area (Å²) in [5, 5.41) is 0.824. The number of rotatable bonds is 4. The van der Waals surface area contributed by atoms with E-state index in [0.717, 1.165) is 10.6 Å². The quantitative estimate of drug-likeness (QED) is 0.607. The van der Waals surface area contributed by atoms with Gasteiger partial charge < -0.3 is 0 Å². The topological polar surface area (TPSA) is 47.0 Å². The molecule has 0 bridgehead atoms. The Morgan fingerprint density at radius 2 is 2.29 bits per heavy atom. The summed E-state index contributed by atoms with van der Waals surface area (Å²) in [6.45, 7) is 1.96. The molecule has 0 saturated carbocycles. The van der Waals surface area contributed by atoms with Gasteiger partial charge in [0.15, 0.2) is 0 Å². The second-order valence-electron chi connectivity index (χ2n) is 2.76. The van der Waals surface area contributed by atoms with E-state index in [-0.39, 0.29) is 5.75 Å². The van der Waals surface area contributed by atoms with Gasteiger partial charge in [0, 0.05) is 22.6 Å². The number of halogens is 1. The fourth-order valence-corrected chi connectivity index (χ4v) is 3.14. The Bertz CT molecular complexity index is 406. The highest BCUT2D eigenvalue weighted by Crippen LogP contribution is 2.16. The first-order valence-corrected chi connectivity index (χ1v) is 7.41. The lowest BCUT2D eigenvalue weighted by molar-refractivity contribution is 0.611. The van der Waals surface area contributed by atoms with Gasteiger partial charge in [0.25, 0.3) is 0 Å². The van der Waals surface area contributed by atoms with Crippen molar-refractivity contribution in [3.63, 3.8) is 0 Å². The van der Waals surface area contributed by atoms with E-state index in [1.54, 1.807) is 6.20 Å². The van der Waals surface area contributed by atoms with Gasteiger partial charge in [-0.3, -0.25) is 0 Å². The number of pyridine rings is 1. The molecule has 3 nitrogen and oxygen atoms in total. The Hall–Kier alpha value is -0.260. The van der Waals surface area contributed by atoms with E-state index in [2.05, 4.69) is 4.98 Å². The van der Waals surface area contributed by atoms with E-state index in [1.165, 1.54) is 11.8 Å². The first-order chi connectivity index (χ1) is 6.47. The van der Waals surface area contributed by atoms with Crippen molar-refractivity contribution >= 4 is 31.5 Å². The molecule has 0 unspecified atom stereocenters. The fourth-order valence-electron chi connectivity index (χ4n) is 0.833. The van der Waals surface area contributed by atoms with Gasteiger partial charge in [-0.15, -0.1) is 11.8 Å². The Labute approximate surface area is 92.3 Å². The van der Waals surface area contributed by atoms with Gasteiger partial charge in [0.05, 0.1) is 10.8 Å². The molecule has 0 N–H and O–H groups in total. The van der Waals surface area contributed by atoms with Crippen molar-refractivity contribution in [2.24, 2.45) is 0 Å². The van der Waals surface area contributed by atoms with Gasteiger partial charge in [-0.05, 0) is 24.6 Å². The third-order valence-corrected chi connectivity index (χ3v) is 3.81. The molecular formula is C8H10ClNO2S2. The molecule has 6 heteroatoms. The van der Waals surface area contributed by atoms with Crippen molar-refractivity contribution in [1.82, 2.24) is 4.98 Å². The van der Waals surface area contributed by atoms with Gasteiger partial charge in [0.2, 0.25) is 9.05 Å². The lowest BCUT2D eigenvalue weighted by Crippen LogP contribution is -1.99. The Morgan fingerprint density at radius 3 is 2.86 bits per heavy atom. The van der Waals surface area contributed by atoms with E-state index in [9.17, 15) is 8.42 Å². The van der Waals surface area contributed by atoms with Gasteiger partial charge in [-0.25, -0.2) is 13.4 Å².